The smallest absolute Gasteiger partial charge is 0.263 e. The van der Waals surface area contributed by atoms with E-state index in [4.69, 9.17) is 5.73 Å². The molecular weight excluding hydrogens is 387 g/mol. The van der Waals surface area contributed by atoms with E-state index >= 15 is 0 Å². The van der Waals surface area contributed by atoms with Gasteiger partial charge >= 0.3 is 0 Å². The topological polar surface area (TPSA) is 71.2 Å². The number of benzene rings is 1. The van der Waals surface area contributed by atoms with Gasteiger partial charge in [0, 0.05) is 30.7 Å². The Bertz CT molecular complexity index is 1040. The van der Waals surface area contributed by atoms with Crippen LogP contribution < -0.4 is 16.0 Å². The molecular formula is C22H25FN4OS. The van der Waals surface area contributed by atoms with Crippen LogP contribution in [0.2, 0.25) is 0 Å². The zero-order chi connectivity index (χ0) is 20.4. The van der Waals surface area contributed by atoms with E-state index < -0.39 is 0 Å². The maximum Gasteiger partial charge on any atom is 0.263 e. The van der Waals surface area contributed by atoms with E-state index in [-0.39, 0.29) is 11.7 Å². The molecule has 2 aromatic heterocycles. The lowest BCUT2D eigenvalue weighted by molar-refractivity contribution is 0.0959. The molecule has 29 heavy (non-hydrogen) atoms. The van der Waals surface area contributed by atoms with Crippen LogP contribution >= 0.6 is 11.3 Å². The number of aryl methyl sites for hydroxylation is 1. The molecule has 4 rings (SSSR count). The highest BCUT2D eigenvalue weighted by atomic mass is 32.1. The third kappa shape index (κ3) is 4.19. The Kier molecular flexibility index (Phi) is 5.67. The number of amides is 1. The van der Waals surface area contributed by atoms with Crippen molar-refractivity contribution in [2.24, 2.45) is 0 Å². The molecule has 152 valence electrons. The number of carbonyl (C=O) groups excluding carboxylic acids is 1. The first-order chi connectivity index (χ1) is 14.0. The quantitative estimate of drug-likeness (QED) is 0.656. The average Bonchev–Trinajstić information content (AvgIpc) is 3.04. The molecule has 0 unspecified atom stereocenters. The predicted octanol–water partition coefficient (Wildman–Crippen LogP) is 4.29. The maximum atomic E-state index is 14.5. The summed E-state index contributed by atoms with van der Waals surface area (Å²) in [6.45, 7) is 4.15. The normalized spacial score (nSPS) is 14.3. The van der Waals surface area contributed by atoms with Crippen molar-refractivity contribution in [2.45, 2.75) is 32.6 Å². The molecule has 7 heteroatoms. The number of nitrogens with one attached hydrogen (secondary N) is 1. The minimum atomic E-state index is -0.214. The molecule has 1 saturated heterocycles. The second-order valence-corrected chi connectivity index (χ2v) is 8.49. The summed E-state index contributed by atoms with van der Waals surface area (Å²) >= 11 is 1.30. The summed E-state index contributed by atoms with van der Waals surface area (Å²) in [4.78, 5) is 20.3. The van der Waals surface area contributed by atoms with Crippen LogP contribution in [0.1, 0.15) is 40.2 Å². The first kappa shape index (κ1) is 19.6. The number of thiophene rings is 1. The fourth-order valence-electron chi connectivity index (χ4n) is 3.76. The monoisotopic (exact) mass is 412 g/mol. The largest absolute Gasteiger partial charge is 0.397 e. The first-order valence-electron chi connectivity index (χ1n) is 10.00. The zero-order valence-corrected chi connectivity index (χ0v) is 17.3. The number of aromatic nitrogens is 1. The van der Waals surface area contributed by atoms with Gasteiger partial charge in [0.05, 0.1) is 11.4 Å². The van der Waals surface area contributed by atoms with Gasteiger partial charge in [-0.1, -0.05) is 6.07 Å². The van der Waals surface area contributed by atoms with Gasteiger partial charge in [-0.2, -0.15) is 0 Å². The molecule has 3 heterocycles. The highest BCUT2D eigenvalue weighted by Crippen LogP contribution is 2.32. The van der Waals surface area contributed by atoms with Crippen molar-refractivity contribution >= 4 is 38.8 Å². The summed E-state index contributed by atoms with van der Waals surface area (Å²) in [5, 5.41) is 3.70. The van der Waals surface area contributed by atoms with Crippen LogP contribution in [0.25, 0.3) is 10.2 Å². The van der Waals surface area contributed by atoms with Gasteiger partial charge in [-0.15, -0.1) is 11.3 Å². The molecule has 0 bridgehead atoms. The number of piperidine rings is 1. The molecule has 1 fully saturated rings. The number of pyridine rings is 1. The van der Waals surface area contributed by atoms with Crippen molar-refractivity contribution in [3.63, 3.8) is 0 Å². The number of hydrogen-bond acceptors (Lipinski definition) is 5. The van der Waals surface area contributed by atoms with Crippen molar-refractivity contribution in [3.05, 3.63) is 52.3 Å². The Labute approximate surface area is 173 Å². The number of rotatable bonds is 5. The second kappa shape index (κ2) is 8.37. The van der Waals surface area contributed by atoms with Gasteiger partial charge in [0.15, 0.2) is 0 Å². The number of nitrogen functional groups attached to an aromatic ring is 1. The van der Waals surface area contributed by atoms with Gasteiger partial charge in [0.2, 0.25) is 0 Å². The van der Waals surface area contributed by atoms with Gasteiger partial charge in [0.25, 0.3) is 5.91 Å². The molecule has 0 atom stereocenters. The van der Waals surface area contributed by atoms with Gasteiger partial charge in [-0.3, -0.25) is 4.79 Å². The van der Waals surface area contributed by atoms with E-state index in [1.165, 1.54) is 17.8 Å². The summed E-state index contributed by atoms with van der Waals surface area (Å²) in [5.41, 5.74) is 9.03. The van der Waals surface area contributed by atoms with E-state index in [9.17, 15) is 9.18 Å². The summed E-state index contributed by atoms with van der Waals surface area (Å²) in [5.74, 6) is -0.403. The minimum absolute atomic E-state index is 0.189. The fourth-order valence-corrected chi connectivity index (χ4v) is 4.81. The average molecular weight is 413 g/mol. The lowest BCUT2D eigenvalue weighted by atomic mass is 10.1. The predicted molar refractivity (Wildman–Crippen MR) is 117 cm³/mol. The number of anilines is 2. The van der Waals surface area contributed by atoms with Gasteiger partial charge in [-0.05, 0) is 62.4 Å². The molecule has 3 aromatic rings. The Morgan fingerprint density at radius 2 is 2.03 bits per heavy atom. The highest BCUT2D eigenvalue weighted by Gasteiger charge is 2.18. The molecule has 0 aliphatic carbocycles. The van der Waals surface area contributed by atoms with E-state index in [1.54, 1.807) is 6.07 Å². The van der Waals surface area contributed by atoms with Crippen LogP contribution in [-0.2, 0) is 6.42 Å². The Morgan fingerprint density at radius 3 is 2.79 bits per heavy atom. The molecule has 1 aliphatic heterocycles. The SMILES string of the molecule is Cc1ccc2c(N)c(C(=O)NCCc3ccc(N4CCCCC4)c(F)c3)sc2n1. The van der Waals surface area contributed by atoms with Gasteiger partial charge in [0.1, 0.15) is 15.5 Å². The lowest BCUT2D eigenvalue weighted by Crippen LogP contribution is -2.30. The van der Waals surface area contributed by atoms with Crippen molar-refractivity contribution in [1.82, 2.24) is 10.3 Å². The standard InChI is InChI=1S/C22H25FN4OS/c1-14-5-7-16-19(24)20(29-22(16)26-14)21(28)25-10-9-15-6-8-18(17(23)13-15)27-11-3-2-4-12-27/h5-8,13H,2-4,9-12,24H2,1H3,(H,25,28). The van der Waals surface area contributed by atoms with Crippen LogP contribution in [0.15, 0.2) is 30.3 Å². The van der Waals surface area contributed by atoms with Crippen molar-refractivity contribution in [3.8, 4) is 0 Å². The number of nitrogens with zero attached hydrogens (tertiary/aromatic N) is 2. The van der Waals surface area contributed by atoms with Crippen LogP contribution in [-0.4, -0.2) is 30.5 Å². The summed E-state index contributed by atoms with van der Waals surface area (Å²) in [6.07, 6.45) is 4.01. The Morgan fingerprint density at radius 1 is 1.24 bits per heavy atom. The van der Waals surface area contributed by atoms with Crippen molar-refractivity contribution in [1.29, 1.82) is 0 Å². The number of hydrogen-bond donors (Lipinski definition) is 2. The van der Waals surface area contributed by atoms with E-state index in [0.29, 0.717) is 29.2 Å². The van der Waals surface area contributed by atoms with E-state index in [2.05, 4.69) is 15.2 Å². The van der Waals surface area contributed by atoms with Gasteiger partial charge < -0.3 is 16.0 Å². The molecule has 1 aromatic carbocycles. The second-order valence-electron chi connectivity index (χ2n) is 7.49. The number of fused-ring (bicyclic) bond motifs is 1. The van der Waals surface area contributed by atoms with Gasteiger partial charge in [-0.25, -0.2) is 9.37 Å². The molecule has 1 aliphatic rings. The Balaban J connectivity index is 1.38. The Hall–Kier alpha value is -2.67. The summed E-state index contributed by atoms with van der Waals surface area (Å²) in [7, 11) is 0. The van der Waals surface area contributed by atoms with Crippen LogP contribution in [0.3, 0.4) is 0 Å². The third-order valence-corrected chi connectivity index (χ3v) is 6.46. The molecule has 0 saturated carbocycles. The highest BCUT2D eigenvalue weighted by molar-refractivity contribution is 7.21. The molecule has 0 spiro atoms. The molecule has 5 nitrogen and oxygen atoms in total. The number of halogens is 1. The lowest BCUT2D eigenvalue weighted by Gasteiger charge is -2.29. The number of carbonyl (C=O) groups is 1. The summed E-state index contributed by atoms with van der Waals surface area (Å²) < 4.78 is 14.5. The van der Waals surface area contributed by atoms with Crippen molar-refractivity contribution < 1.29 is 9.18 Å². The van der Waals surface area contributed by atoms with E-state index in [1.807, 2.05) is 31.2 Å². The van der Waals surface area contributed by atoms with Crippen LogP contribution in [0, 0.1) is 12.7 Å². The number of nitrogens with two attached hydrogens (primary N) is 1. The first-order valence-corrected chi connectivity index (χ1v) is 10.8. The molecule has 1 amide bonds. The third-order valence-electron chi connectivity index (χ3n) is 5.35. The molecule has 0 radical (unpaired) electrons. The van der Waals surface area contributed by atoms with Crippen molar-refractivity contribution in [2.75, 3.05) is 30.3 Å². The van der Waals surface area contributed by atoms with Crippen LogP contribution in [0.4, 0.5) is 15.8 Å². The van der Waals surface area contributed by atoms with E-state index in [0.717, 1.165) is 47.4 Å². The minimum Gasteiger partial charge on any atom is -0.397 e. The maximum absolute atomic E-state index is 14.5. The summed E-state index contributed by atoms with van der Waals surface area (Å²) in [6, 6.07) is 9.16. The van der Waals surface area contributed by atoms with Crippen LogP contribution in [0.5, 0.6) is 0 Å². The fraction of sp³-hybridized carbons (Fsp3) is 0.364. The molecule has 3 N–H and O–H groups in total. The zero-order valence-electron chi connectivity index (χ0n) is 16.5.